The van der Waals surface area contributed by atoms with E-state index < -0.39 is 12.2 Å². The van der Waals surface area contributed by atoms with E-state index in [4.69, 9.17) is 0 Å². The normalized spacial score (nSPS) is 32.3. The fraction of sp³-hybridized carbons (Fsp3) is 1.00. The standard InChI is InChI=1S/C9H20N2O2/c1-7(3-10-2)4-11-5-8(12)9(13)6-11/h7-10,12-13H,3-6H2,1-2H3. The fourth-order valence-electron chi connectivity index (χ4n) is 1.85. The van der Waals surface area contributed by atoms with Gasteiger partial charge in [0.25, 0.3) is 0 Å². The highest BCUT2D eigenvalue weighted by atomic mass is 16.3. The van der Waals surface area contributed by atoms with Crippen molar-refractivity contribution in [3.8, 4) is 0 Å². The van der Waals surface area contributed by atoms with Gasteiger partial charge in [0.1, 0.15) is 0 Å². The van der Waals surface area contributed by atoms with Gasteiger partial charge in [-0.15, -0.1) is 0 Å². The van der Waals surface area contributed by atoms with Crippen LogP contribution in [0, 0.1) is 5.92 Å². The van der Waals surface area contributed by atoms with Gasteiger partial charge in [-0.05, 0) is 19.5 Å². The number of rotatable bonds is 4. The molecule has 13 heavy (non-hydrogen) atoms. The van der Waals surface area contributed by atoms with E-state index in [9.17, 15) is 10.2 Å². The van der Waals surface area contributed by atoms with Crippen molar-refractivity contribution in [1.29, 1.82) is 0 Å². The molecule has 3 unspecified atom stereocenters. The molecular weight excluding hydrogens is 168 g/mol. The fourth-order valence-corrected chi connectivity index (χ4v) is 1.85. The molecule has 0 aromatic heterocycles. The Kier molecular flexibility index (Phi) is 4.12. The average Bonchev–Trinajstić information content (AvgIpc) is 2.31. The van der Waals surface area contributed by atoms with E-state index in [1.807, 2.05) is 7.05 Å². The van der Waals surface area contributed by atoms with Gasteiger partial charge in [0.05, 0.1) is 12.2 Å². The van der Waals surface area contributed by atoms with Gasteiger partial charge < -0.3 is 15.5 Å². The van der Waals surface area contributed by atoms with E-state index in [2.05, 4.69) is 17.1 Å². The summed E-state index contributed by atoms with van der Waals surface area (Å²) in [5, 5.41) is 21.7. The van der Waals surface area contributed by atoms with Crippen LogP contribution in [0.2, 0.25) is 0 Å². The second-order valence-corrected chi connectivity index (χ2v) is 4.02. The Hall–Kier alpha value is -0.160. The quantitative estimate of drug-likeness (QED) is 0.523. The molecule has 0 radical (unpaired) electrons. The van der Waals surface area contributed by atoms with Crippen molar-refractivity contribution >= 4 is 0 Å². The van der Waals surface area contributed by atoms with Gasteiger partial charge in [-0.25, -0.2) is 0 Å². The molecule has 0 aromatic rings. The van der Waals surface area contributed by atoms with Gasteiger partial charge in [0.2, 0.25) is 0 Å². The molecule has 1 fully saturated rings. The molecule has 1 heterocycles. The maximum atomic E-state index is 9.30. The number of nitrogens with one attached hydrogen (secondary N) is 1. The molecule has 0 bridgehead atoms. The lowest BCUT2D eigenvalue weighted by Gasteiger charge is -2.19. The number of β-amino-alcohol motifs (C(OH)–C–C–N with tert-alkyl or cyclic N) is 2. The molecule has 3 N–H and O–H groups in total. The summed E-state index contributed by atoms with van der Waals surface area (Å²) in [7, 11) is 1.93. The van der Waals surface area contributed by atoms with Crippen LogP contribution in [-0.2, 0) is 0 Å². The molecule has 1 aliphatic rings. The first kappa shape index (κ1) is 10.9. The van der Waals surface area contributed by atoms with Crippen LogP contribution in [0.3, 0.4) is 0 Å². The SMILES string of the molecule is CNCC(C)CN1CC(O)C(O)C1. The van der Waals surface area contributed by atoms with Crippen LogP contribution in [0.15, 0.2) is 0 Å². The zero-order valence-electron chi connectivity index (χ0n) is 8.40. The minimum atomic E-state index is -0.554. The molecule has 1 rings (SSSR count). The zero-order valence-corrected chi connectivity index (χ0v) is 8.40. The molecule has 4 heteroatoms. The highest BCUT2D eigenvalue weighted by Crippen LogP contribution is 2.11. The lowest BCUT2D eigenvalue weighted by atomic mass is 10.2. The van der Waals surface area contributed by atoms with E-state index in [-0.39, 0.29) is 0 Å². The summed E-state index contributed by atoms with van der Waals surface area (Å²) in [6, 6.07) is 0. The van der Waals surface area contributed by atoms with Crippen molar-refractivity contribution < 1.29 is 10.2 Å². The Bertz CT molecular complexity index is 145. The summed E-state index contributed by atoms with van der Waals surface area (Å²) in [5.74, 6) is 0.558. The van der Waals surface area contributed by atoms with E-state index in [0.717, 1.165) is 13.1 Å². The number of aliphatic hydroxyl groups excluding tert-OH is 2. The van der Waals surface area contributed by atoms with Crippen LogP contribution in [0.1, 0.15) is 6.92 Å². The summed E-state index contributed by atoms with van der Waals surface area (Å²) >= 11 is 0. The van der Waals surface area contributed by atoms with Crippen molar-refractivity contribution in [2.75, 3.05) is 33.2 Å². The van der Waals surface area contributed by atoms with Gasteiger partial charge in [-0.3, -0.25) is 4.90 Å². The second kappa shape index (κ2) is 4.91. The predicted molar refractivity (Wildman–Crippen MR) is 51.5 cm³/mol. The second-order valence-electron chi connectivity index (χ2n) is 4.02. The first-order chi connectivity index (χ1) is 6.13. The maximum absolute atomic E-state index is 9.30. The van der Waals surface area contributed by atoms with Crippen molar-refractivity contribution in [1.82, 2.24) is 10.2 Å². The zero-order chi connectivity index (χ0) is 9.84. The van der Waals surface area contributed by atoms with Crippen LogP contribution < -0.4 is 5.32 Å². The molecule has 0 saturated carbocycles. The van der Waals surface area contributed by atoms with Gasteiger partial charge in [0.15, 0.2) is 0 Å². The summed E-state index contributed by atoms with van der Waals surface area (Å²) in [6.07, 6.45) is -1.11. The van der Waals surface area contributed by atoms with Gasteiger partial charge in [-0.1, -0.05) is 6.92 Å². The third-order valence-electron chi connectivity index (χ3n) is 2.46. The van der Waals surface area contributed by atoms with Crippen molar-refractivity contribution in [3.63, 3.8) is 0 Å². The largest absolute Gasteiger partial charge is 0.389 e. The predicted octanol–water partition coefficient (Wildman–Crippen LogP) is -1.12. The average molecular weight is 188 g/mol. The smallest absolute Gasteiger partial charge is 0.0938 e. The first-order valence-corrected chi connectivity index (χ1v) is 4.86. The molecule has 78 valence electrons. The minimum absolute atomic E-state index is 0.554. The summed E-state index contributed by atoms with van der Waals surface area (Å²) in [5.41, 5.74) is 0. The molecular formula is C9H20N2O2. The number of aliphatic hydroxyl groups is 2. The Morgan fingerprint density at radius 1 is 1.38 bits per heavy atom. The molecule has 0 aromatic carbocycles. The molecule has 0 aliphatic carbocycles. The molecule has 1 aliphatic heterocycles. The Morgan fingerprint density at radius 3 is 2.38 bits per heavy atom. The van der Waals surface area contributed by atoms with Gasteiger partial charge in [0, 0.05) is 19.6 Å². The third-order valence-corrected chi connectivity index (χ3v) is 2.46. The molecule has 0 spiro atoms. The topological polar surface area (TPSA) is 55.7 Å². The monoisotopic (exact) mass is 188 g/mol. The highest BCUT2D eigenvalue weighted by molar-refractivity contribution is 4.83. The van der Waals surface area contributed by atoms with Gasteiger partial charge >= 0.3 is 0 Å². The van der Waals surface area contributed by atoms with Crippen LogP contribution in [0.5, 0.6) is 0 Å². The van der Waals surface area contributed by atoms with E-state index in [1.54, 1.807) is 0 Å². The Balaban J connectivity index is 2.23. The Labute approximate surface area is 79.6 Å². The van der Waals surface area contributed by atoms with Crippen LogP contribution in [0.25, 0.3) is 0 Å². The lowest BCUT2D eigenvalue weighted by molar-refractivity contribution is 0.0572. The van der Waals surface area contributed by atoms with Crippen LogP contribution >= 0.6 is 0 Å². The van der Waals surface area contributed by atoms with Crippen molar-refractivity contribution in [2.45, 2.75) is 19.1 Å². The summed E-state index contributed by atoms with van der Waals surface area (Å²) in [6.45, 7) is 5.29. The molecule has 4 nitrogen and oxygen atoms in total. The Morgan fingerprint density at radius 2 is 1.92 bits per heavy atom. The number of likely N-dealkylation sites (tertiary alicyclic amines) is 1. The maximum Gasteiger partial charge on any atom is 0.0938 e. The summed E-state index contributed by atoms with van der Waals surface area (Å²) in [4.78, 5) is 2.11. The van der Waals surface area contributed by atoms with E-state index >= 15 is 0 Å². The van der Waals surface area contributed by atoms with Crippen molar-refractivity contribution in [3.05, 3.63) is 0 Å². The summed E-state index contributed by atoms with van der Waals surface area (Å²) < 4.78 is 0. The lowest BCUT2D eigenvalue weighted by Crippen LogP contribution is -2.31. The highest BCUT2D eigenvalue weighted by Gasteiger charge is 2.29. The number of hydrogen-bond donors (Lipinski definition) is 3. The molecule has 0 amide bonds. The molecule has 1 saturated heterocycles. The van der Waals surface area contributed by atoms with Crippen molar-refractivity contribution in [2.24, 2.45) is 5.92 Å². The van der Waals surface area contributed by atoms with E-state index in [0.29, 0.717) is 19.0 Å². The third kappa shape index (κ3) is 3.23. The number of hydrogen-bond acceptors (Lipinski definition) is 4. The van der Waals surface area contributed by atoms with Crippen LogP contribution in [0.4, 0.5) is 0 Å². The minimum Gasteiger partial charge on any atom is -0.389 e. The number of nitrogens with zero attached hydrogens (tertiary/aromatic N) is 1. The first-order valence-electron chi connectivity index (χ1n) is 4.86. The van der Waals surface area contributed by atoms with Gasteiger partial charge in [-0.2, -0.15) is 0 Å². The van der Waals surface area contributed by atoms with Crippen LogP contribution in [-0.4, -0.2) is 60.5 Å². The van der Waals surface area contributed by atoms with E-state index in [1.165, 1.54) is 0 Å². The molecule has 3 atom stereocenters.